The van der Waals surface area contributed by atoms with Gasteiger partial charge in [0.05, 0.1) is 13.0 Å². The van der Waals surface area contributed by atoms with Gasteiger partial charge < -0.3 is 9.64 Å². The van der Waals surface area contributed by atoms with Crippen molar-refractivity contribution in [3.8, 4) is 0 Å². The smallest absolute Gasteiger partial charge is 0.310 e. The normalized spacial score (nSPS) is 18.8. The van der Waals surface area contributed by atoms with Gasteiger partial charge >= 0.3 is 5.97 Å². The first-order chi connectivity index (χ1) is 8.61. The molecule has 1 saturated heterocycles. The van der Waals surface area contributed by atoms with Crippen molar-refractivity contribution in [1.29, 1.82) is 0 Å². The molecule has 1 aromatic carbocycles. The van der Waals surface area contributed by atoms with Crippen LogP contribution < -0.4 is 0 Å². The maximum absolute atomic E-state index is 12.2. The van der Waals surface area contributed by atoms with Crippen LogP contribution in [0.5, 0.6) is 0 Å². The fourth-order valence-corrected chi connectivity index (χ4v) is 2.51. The Morgan fingerprint density at radius 3 is 2.89 bits per heavy atom. The second kappa shape index (κ2) is 5.52. The summed E-state index contributed by atoms with van der Waals surface area (Å²) in [6.07, 6.45) is 0.673. The molecule has 96 valence electrons. The molecule has 0 aliphatic carbocycles. The number of methoxy groups -OCH3 is 1. The number of hydrogen-bond donors (Lipinski definition) is 0. The van der Waals surface area contributed by atoms with E-state index >= 15 is 0 Å². The molecule has 1 aliphatic rings. The molecule has 5 heteroatoms. The lowest BCUT2D eigenvalue weighted by atomic mass is 10.1. The summed E-state index contributed by atoms with van der Waals surface area (Å²) in [4.78, 5) is 25.3. The van der Waals surface area contributed by atoms with Gasteiger partial charge in [-0.2, -0.15) is 0 Å². The second-order valence-electron chi connectivity index (χ2n) is 4.27. The van der Waals surface area contributed by atoms with E-state index in [1.807, 2.05) is 12.1 Å². The summed E-state index contributed by atoms with van der Waals surface area (Å²) in [5, 5.41) is 0. The second-order valence-corrected chi connectivity index (χ2v) is 5.19. The highest BCUT2D eigenvalue weighted by molar-refractivity contribution is 9.10. The van der Waals surface area contributed by atoms with Crippen molar-refractivity contribution in [2.45, 2.75) is 6.42 Å². The molecule has 4 nitrogen and oxygen atoms in total. The molecule has 1 unspecified atom stereocenters. The predicted molar refractivity (Wildman–Crippen MR) is 70.2 cm³/mol. The summed E-state index contributed by atoms with van der Waals surface area (Å²) in [7, 11) is 1.38. The van der Waals surface area contributed by atoms with E-state index in [1.165, 1.54) is 7.11 Å². The van der Waals surface area contributed by atoms with E-state index in [9.17, 15) is 9.59 Å². The number of carbonyl (C=O) groups is 2. The highest BCUT2D eigenvalue weighted by Gasteiger charge is 2.32. The molecule has 1 fully saturated rings. The Balaban J connectivity index is 2.06. The minimum atomic E-state index is -0.237. The molecule has 1 heterocycles. The van der Waals surface area contributed by atoms with Gasteiger partial charge in [-0.15, -0.1) is 0 Å². The molecular weight excluding hydrogens is 298 g/mol. The molecule has 0 radical (unpaired) electrons. The monoisotopic (exact) mass is 311 g/mol. The van der Waals surface area contributed by atoms with Crippen molar-refractivity contribution < 1.29 is 14.3 Å². The Bertz CT molecular complexity index is 475. The van der Waals surface area contributed by atoms with Crippen LogP contribution in [0.25, 0.3) is 0 Å². The maximum Gasteiger partial charge on any atom is 0.310 e. The van der Waals surface area contributed by atoms with Crippen LogP contribution in [0.4, 0.5) is 0 Å². The van der Waals surface area contributed by atoms with Crippen LogP contribution in [0.2, 0.25) is 0 Å². The zero-order valence-corrected chi connectivity index (χ0v) is 11.6. The van der Waals surface area contributed by atoms with Crippen LogP contribution >= 0.6 is 15.9 Å². The van der Waals surface area contributed by atoms with E-state index in [2.05, 4.69) is 15.9 Å². The molecule has 0 saturated carbocycles. The van der Waals surface area contributed by atoms with Crippen LogP contribution in [0.1, 0.15) is 16.8 Å². The van der Waals surface area contributed by atoms with Crippen molar-refractivity contribution in [2.75, 3.05) is 20.2 Å². The summed E-state index contributed by atoms with van der Waals surface area (Å²) < 4.78 is 5.57. The van der Waals surface area contributed by atoms with Gasteiger partial charge in [0.1, 0.15) is 0 Å². The average Bonchev–Trinajstić information content (AvgIpc) is 2.86. The average molecular weight is 312 g/mol. The van der Waals surface area contributed by atoms with Gasteiger partial charge in [-0.05, 0) is 24.6 Å². The van der Waals surface area contributed by atoms with E-state index in [0.29, 0.717) is 25.1 Å². The zero-order chi connectivity index (χ0) is 13.1. The summed E-state index contributed by atoms with van der Waals surface area (Å²) in [6, 6.07) is 7.26. The van der Waals surface area contributed by atoms with Gasteiger partial charge in [0.2, 0.25) is 0 Å². The lowest BCUT2D eigenvalue weighted by Crippen LogP contribution is -2.30. The van der Waals surface area contributed by atoms with Gasteiger partial charge in [0, 0.05) is 23.1 Å². The zero-order valence-electron chi connectivity index (χ0n) is 10.1. The fourth-order valence-electron chi connectivity index (χ4n) is 2.11. The Labute approximate surface area is 114 Å². The SMILES string of the molecule is COC(=O)C1CCN(C(=O)c2cccc(Br)c2)C1. The number of benzene rings is 1. The third-order valence-electron chi connectivity index (χ3n) is 3.08. The number of esters is 1. The number of nitrogens with zero attached hydrogens (tertiary/aromatic N) is 1. The Hall–Kier alpha value is -1.36. The number of rotatable bonds is 2. The Kier molecular flexibility index (Phi) is 4.01. The van der Waals surface area contributed by atoms with Crippen LogP contribution in [-0.4, -0.2) is 37.0 Å². The van der Waals surface area contributed by atoms with Crippen LogP contribution in [0, 0.1) is 5.92 Å². The number of ether oxygens (including phenoxy) is 1. The van der Waals surface area contributed by atoms with Crippen LogP contribution in [0.3, 0.4) is 0 Å². The topological polar surface area (TPSA) is 46.6 Å². The van der Waals surface area contributed by atoms with Gasteiger partial charge in [0.15, 0.2) is 0 Å². The fraction of sp³-hybridized carbons (Fsp3) is 0.385. The molecule has 1 atom stereocenters. The molecule has 0 spiro atoms. The molecule has 2 rings (SSSR count). The molecule has 0 N–H and O–H groups in total. The van der Waals surface area contributed by atoms with Crippen molar-refractivity contribution in [2.24, 2.45) is 5.92 Å². The summed E-state index contributed by atoms with van der Waals surface area (Å²) in [5.41, 5.74) is 0.634. The van der Waals surface area contributed by atoms with E-state index in [-0.39, 0.29) is 17.8 Å². The molecule has 1 amide bonds. The first-order valence-corrected chi connectivity index (χ1v) is 6.54. The van der Waals surface area contributed by atoms with Crippen molar-refractivity contribution >= 4 is 27.8 Å². The lowest BCUT2D eigenvalue weighted by Gasteiger charge is -2.16. The first kappa shape index (κ1) is 13.1. The van der Waals surface area contributed by atoms with Gasteiger partial charge in [-0.25, -0.2) is 0 Å². The van der Waals surface area contributed by atoms with E-state index < -0.39 is 0 Å². The predicted octanol–water partition coefficient (Wildman–Crippen LogP) is 2.08. The van der Waals surface area contributed by atoms with Crippen molar-refractivity contribution in [3.63, 3.8) is 0 Å². The van der Waals surface area contributed by atoms with Crippen LogP contribution in [-0.2, 0) is 9.53 Å². The van der Waals surface area contributed by atoms with E-state index in [4.69, 9.17) is 4.74 Å². The quantitative estimate of drug-likeness (QED) is 0.786. The summed E-state index contributed by atoms with van der Waals surface area (Å²) in [6.45, 7) is 1.04. The molecule has 0 bridgehead atoms. The lowest BCUT2D eigenvalue weighted by molar-refractivity contribution is -0.144. The number of halogens is 1. The van der Waals surface area contributed by atoms with Gasteiger partial charge in [-0.3, -0.25) is 9.59 Å². The maximum atomic E-state index is 12.2. The summed E-state index contributed by atoms with van der Waals surface area (Å²) >= 11 is 3.34. The summed E-state index contributed by atoms with van der Waals surface area (Å²) in [5.74, 6) is -0.464. The molecule has 1 aliphatic heterocycles. The Morgan fingerprint density at radius 1 is 1.44 bits per heavy atom. The van der Waals surface area contributed by atoms with E-state index in [0.717, 1.165) is 4.47 Å². The number of hydrogen-bond acceptors (Lipinski definition) is 3. The van der Waals surface area contributed by atoms with Gasteiger partial charge in [0.25, 0.3) is 5.91 Å². The van der Waals surface area contributed by atoms with Crippen LogP contribution in [0.15, 0.2) is 28.7 Å². The molecule has 0 aromatic heterocycles. The number of amides is 1. The molecule has 18 heavy (non-hydrogen) atoms. The standard InChI is InChI=1S/C13H14BrNO3/c1-18-13(17)10-5-6-15(8-10)12(16)9-3-2-4-11(14)7-9/h2-4,7,10H,5-6,8H2,1H3. The van der Waals surface area contributed by atoms with Crippen molar-refractivity contribution in [1.82, 2.24) is 4.90 Å². The third-order valence-corrected chi connectivity index (χ3v) is 3.57. The van der Waals surface area contributed by atoms with Gasteiger partial charge in [-0.1, -0.05) is 22.0 Å². The largest absolute Gasteiger partial charge is 0.469 e. The minimum absolute atomic E-state index is 0.0392. The number of carbonyl (C=O) groups excluding carboxylic acids is 2. The highest BCUT2D eigenvalue weighted by Crippen LogP contribution is 2.21. The molecule has 1 aromatic rings. The number of likely N-dealkylation sites (tertiary alicyclic amines) is 1. The highest BCUT2D eigenvalue weighted by atomic mass is 79.9. The Morgan fingerprint density at radius 2 is 2.22 bits per heavy atom. The third kappa shape index (κ3) is 2.72. The van der Waals surface area contributed by atoms with Crippen molar-refractivity contribution in [3.05, 3.63) is 34.3 Å². The van der Waals surface area contributed by atoms with E-state index in [1.54, 1.807) is 17.0 Å². The minimum Gasteiger partial charge on any atom is -0.469 e. The molecular formula is C13H14BrNO3. The first-order valence-electron chi connectivity index (χ1n) is 5.74.